The van der Waals surface area contributed by atoms with Gasteiger partial charge in [0.1, 0.15) is 0 Å². The van der Waals surface area contributed by atoms with E-state index in [9.17, 15) is 4.79 Å². The normalized spacial score (nSPS) is 15.2. The summed E-state index contributed by atoms with van der Waals surface area (Å²) in [5.74, 6) is 1.07. The zero-order chi connectivity index (χ0) is 16.8. The van der Waals surface area contributed by atoms with Crippen molar-refractivity contribution in [2.75, 3.05) is 20.1 Å². The average Bonchev–Trinajstić information content (AvgIpc) is 2.67. The summed E-state index contributed by atoms with van der Waals surface area (Å²) in [6.45, 7) is 1.99. The van der Waals surface area contributed by atoms with Gasteiger partial charge < -0.3 is 10.2 Å². The molecule has 1 saturated heterocycles. The lowest BCUT2D eigenvalue weighted by Crippen LogP contribution is -2.43. The molecule has 0 saturated carbocycles. The third kappa shape index (κ3) is 4.40. The number of benzene rings is 2. The Hall–Kier alpha value is -1.78. The van der Waals surface area contributed by atoms with E-state index >= 15 is 0 Å². The summed E-state index contributed by atoms with van der Waals surface area (Å²) < 4.78 is 0. The molecular weight excluding hydrogens is 316 g/mol. The molecule has 0 unspecified atom stereocenters. The maximum absolute atomic E-state index is 12.6. The van der Waals surface area contributed by atoms with Gasteiger partial charge in [0, 0.05) is 29.3 Å². The Balaban J connectivity index is 1.58. The molecule has 24 heavy (non-hydrogen) atoms. The summed E-state index contributed by atoms with van der Waals surface area (Å²) in [4.78, 5) is 15.7. The molecule has 0 aromatic heterocycles. The van der Waals surface area contributed by atoms with Crippen molar-refractivity contribution in [3.05, 3.63) is 65.7 Å². The van der Waals surface area contributed by atoms with Gasteiger partial charge in [-0.05, 0) is 55.8 Å². The van der Waals surface area contributed by atoms with Gasteiger partial charge in [-0.3, -0.25) is 4.79 Å². The number of thioether (sulfide) groups is 1. The summed E-state index contributed by atoms with van der Waals surface area (Å²) in [6.07, 6.45) is 2.07. The SMILES string of the molecule is CN(C(=O)c1ccc(SCc2ccccc2)cc1)C1CCNCC1. The topological polar surface area (TPSA) is 32.3 Å². The van der Waals surface area contributed by atoms with Crippen LogP contribution in [-0.4, -0.2) is 37.0 Å². The van der Waals surface area contributed by atoms with Crippen LogP contribution in [0.1, 0.15) is 28.8 Å². The van der Waals surface area contributed by atoms with E-state index in [0.29, 0.717) is 6.04 Å². The van der Waals surface area contributed by atoms with Gasteiger partial charge in [-0.1, -0.05) is 30.3 Å². The van der Waals surface area contributed by atoms with Gasteiger partial charge in [-0.2, -0.15) is 0 Å². The molecule has 0 aliphatic carbocycles. The molecular formula is C20H24N2OS. The van der Waals surface area contributed by atoms with Crippen molar-refractivity contribution in [3.63, 3.8) is 0 Å². The van der Waals surface area contributed by atoms with Crippen LogP contribution in [0.4, 0.5) is 0 Å². The molecule has 1 fully saturated rings. The van der Waals surface area contributed by atoms with Crippen LogP contribution in [-0.2, 0) is 5.75 Å². The molecule has 126 valence electrons. The van der Waals surface area contributed by atoms with E-state index in [-0.39, 0.29) is 5.91 Å². The lowest BCUT2D eigenvalue weighted by atomic mass is 10.0. The zero-order valence-electron chi connectivity index (χ0n) is 14.1. The molecule has 0 atom stereocenters. The maximum atomic E-state index is 12.6. The number of piperidine rings is 1. The van der Waals surface area contributed by atoms with Crippen molar-refractivity contribution in [1.82, 2.24) is 10.2 Å². The second-order valence-corrected chi connectivity index (χ2v) is 7.24. The molecule has 1 aliphatic heterocycles. The van der Waals surface area contributed by atoms with Crippen molar-refractivity contribution in [2.45, 2.75) is 29.5 Å². The Kier molecular flexibility index (Phi) is 5.94. The fraction of sp³-hybridized carbons (Fsp3) is 0.350. The number of rotatable bonds is 5. The van der Waals surface area contributed by atoms with Crippen molar-refractivity contribution in [3.8, 4) is 0 Å². The first-order valence-corrected chi connectivity index (χ1v) is 9.47. The monoisotopic (exact) mass is 340 g/mol. The summed E-state index contributed by atoms with van der Waals surface area (Å²) >= 11 is 1.80. The first kappa shape index (κ1) is 17.1. The molecule has 2 aromatic rings. The molecule has 2 aromatic carbocycles. The fourth-order valence-electron chi connectivity index (χ4n) is 3.00. The van der Waals surface area contributed by atoms with Crippen LogP contribution >= 0.6 is 11.8 Å². The largest absolute Gasteiger partial charge is 0.339 e. The van der Waals surface area contributed by atoms with Crippen LogP contribution in [0.5, 0.6) is 0 Å². The summed E-state index contributed by atoms with van der Waals surface area (Å²) in [5, 5.41) is 3.34. The van der Waals surface area contributed by atoms with Crippen LogP contribution in [0.2, 0.25) is 0 Å². The molecule has 3 nitrogen and oxygen atoms in total. The number of carbonyl (C=O) groups is 1. The highest BCUT2D eigenvalue weighted by atomic mass is 32.2. The van der Waals surface area contributed by atoms with Gasteiger partial charge in [-0.25, -0.2) is 0 Å². The quantitative estimate of drug-likeness (QED) is 0.840. The van der Waals surface area contributed by atoms with Crippen molar-refractivity contribution < 1.29 is 4.79 Å². The highest BCUT2D eigenvalue weighted by molar-refractivity contribution is 7.98. The third-order valence-corrected chi connectivity index (χ3v) is 5.61. The first-order valence-electron chi connectivity index (χ1n) is 8.49. The van der Waals surface area contributed by atoms with E-state index in [4.69, 9.17) is 0 Å². The predicted octanol–water partition coefficient (Wildman–Crippen LogP) is 3.80. The van der Waals surface area contributed by atoms with Gasteiger partial charge in [0.2, 0.25) is 0 Å². The summed E-state index contributed by atoms with van der Waals surface area (Å²) in [5.41, 5.74) is 2.09. The second kappa shape index (κ2) is 8.36. The maximum Gasteiger partial charge on any atom is 0.253 e. The Morgan fingerprint density at radius 3 is 2.42 bits per heavy atom. The highest BCUT2D eigenvalue weighted by Crippen LogP contribution is 2.23. The predicted molar refractivity (Wildman–Crippen MR) is 100 cm³/mol. The number of hydrogen-bond donors (Lipinski definition) is 1. The molecule has 0 radical (unpaired) electrons. The number of hydrogen-bond acceptors (Lipinski definition) is 3. The Bertz CT molecular complexity index is 651. The molecule has 1 heterocycles. The average molecular weight is 340 g/mol. The van der Waals surface area contributed by atoms with E-state index in [0.717, 1.165) is 37.2 Å². The lowest BCUT2D eigenvalue weighted by molar-refractivity contribution is 0.0703. The van der Waals surface area contributed by atoms with E-state index in [2.05, 4.69) is 41.7 Å². The zero-order valence-corrected chi connectivity index (χ0v) is 14.9. The minimum absolute atomic E-state index is 0.126. The fourth-order valence-corrected chi connectivity index (χ4v) is 3.85. The van der Waals surface area contributed by atoms with E-state index in [1.54, 1.807) is 11.8 Å². The summed E-state index contributed by atoms with van der Waals surface area (Å²) in [6, 6.07) is 18.8. The Labute approximate surface area is 148 Å². The van der Waals surface area contributed by atoms with Gasteiger partial charge in [0.15, 0.2) is 0 Å². The van der Waals surface area contributed by atoms with E-state index in [1.165, 1.54) is 10.5 Å². The molecule has 3 rings (SSSR count). The number of nitrogens with zero attached hydrogens (tertiary/aromatic N) is 1. The van der Waals surface area contributed by atoms with Crippen LogP contribution in [0, 0.1) is 0 Å². The van der Waals surface area contributed by atoms with Crippen LogP contribution in [0.15, 0.2) is 59.5 Å². The standard InChI is InChI=1S/C20H24N2OS/c1-22(18-11-13-21-14-12-18)20(23)17-7-9-19(10-8-17)24-15-16-5-3-2-4-6-16/h2-10,18,21H,11-15H2,1H3. The molecule has 1 amide bonds. The Morgan fingerprint density at radius 1 is 1.08 bits per heavy atom. The molecule has 0 bridgehead atoms. The number of carbonyl (C=O) groups excluding carboxylic acids is 1. The lowest BCUT2D eigenvalue weighted by Gasteiger charge is -2.31. The number of amides is 1. The summed E-state index contributed by atoms with van der Waals surface area (Å²) in [7, 11) is 1.93. The van der Waals surface area contributed by atoms with Crippen LogP contribution in [0.25, 0.3) is 0 Å². The van der Waals surface area contributed by atoms with Gasteiger partial charge >= 0.3 is 0 Å². The molecule has 1 N–H and O–H groups in total. The minimum atomic E-state index is 0.126. The van der Waals surface area contributed by atoms with Gasteiger partial charge in [0.25, 0.3) is 5.91 Å². The first-order chi connectivity index (χ1) is 11.7. The van der Waals surface area contributed by atoms with Gasteiger partial charge in [0.05, 0.1) is 0 Å². The van der Waals surface area contributed by atoms with Gasteiger partial charge in [-0.15, -0.1) is 11.8 Å². The van der Waals surface area contributed by atoms with Crippen LogP contribution in [0.3, 0.4) is 0 Å². The Morgan fingerprint density at radius 2 is 1.75 bits per heavy atom. The van der Waals surface area contributed by atoms with E-state index in [1.807, 2.05) is 30.1 Å². The molecule has 4 heteroatoms. The molecule has 1 aliphatic rings. The smallest absolute Gasteiger partial charge is 0.253 e. The minimum Gasteiger partial charge on any atom is -0.339 e. The number of nitrogens with one attached hydrogen (secondary N) is 1. The molecule has 0 spiro atoms. The van der Waals surface area contributed by atoms with Crippen molar-refractivity contribution in [1.29, 1.82) is 0 Å². The van der Waals surface area contributed by atoms with Crippen molar-refractivity contribution >= 4 is 17.7 Å². The second-order valence-electron chi connectivity index (χ2n) is 6.20. The highest BCUT2D eigenvalue weighted by Gasteiger charge is 2.22. The third-order valence-electron chi connectivity index (χ3n) is 4.53. The van der Waals surface area contributed by atoms with E-state index < -0.39 is 0 Å². The van der Waals surface area contributed by atoms with Crippen LogP contribution < -0.4 is 5.32 Å². The van der Waals surface area contributed by atoms with Crippen molar-refractivity contribution in [2.24, 2.45) is 0 Å².